The summed E-state index contributed by atoms with van der Waals surface area (Å²) in [6.45, 7) is 8.26. The minimum atomic E-state index is 0.454. The van der Waals surface area contributed by atoms with Crippen molar-refractivity contribution in [1.29, 1.82) is 0 Å². The lowest BCUT2D eigenvalue weighted by atomic mass is 10.0. The number of benzene rings is 1. The summed E-state index contributed by atoms with van der Waals surface area (Å²) in [6.07, 6.45) is 1.30. The van der Waals surface area contributed by atoms with E-state index in [0.29, 0.717) is 12.1 Å². The molecule has 0 unspecified atom stereocenters. The average molecular weight is 320 g/mol. The molecule has 1 N–H and O–H groups in total. The van der Waals surface area contributed by atoms with Crippen molar-refractivity contribution < 1.29 is 0 Å². The predicted molar refractivity (Wildman–Crippen MR) is 96.6 cm³/mol. The first-order valence-electron chi connectivity index (χ1n) is 8.56. The Bertz CT molecular complexity index is 445. The van der Waals surface area contributed by atoms with Crippen LogP contribution in [-0.4, -0.2) is 66.6 Å². The van der Waals surface area contributed by atoms with Crippen molar-refractivity contribution in [2.24, 2.45) is 0 Å². The molecule has 3 nitrogen and oxygen atoms in total. The van der Waals surface area contributed by atoms with Crippen molar-refractivity contribution in [1.82, 2.24) is 15.1 Å². The van der Waals surface area contributed by atoms with Crippen LogP contribution in [0.5, 0.6) is 0 Å². The van der Waals surface area contributed by atoms with Gasteiger partial charge in [0.25, 0.3) is 0 Å². The molecule has 2 aliphatic rings. The highest BCUT2D eigenvalue weighted by molar-refractivity contribution is 8.00. The lowest BCUT2D eigenvalue weighted by Crippen LogP contribution is -2.48. The molecular formula is C18H29N3S. The molecule has 2 saturated heterocycles. The van der Waals surface area contributed by atoms with Gasteiger partial charge in [0.15, 0.2) is 0 Å². The van der Waals surface area contributed by atoms with Crippen LogP contribution in [0.3, 0.4) is 0 Å². The van der Waals surface area contributed by atoms with E-state index in [1.54, 1.807) is 0 Å². The highest BCUT2D eigenvalue weighted by atomic mass is 32.2. The minimum absolute atomic E-state index is 0.454. The molecule has 3 rings (SSSR count). The van der Waals surface area contributed by atoms with E-state index in [1.165, 1.54) is 43.9 Å². The second-order valence-electron chi connectivity index (χ2n) is 6.70. The first kappa shape index (κ1) is 16.3. The summed E-state index contributed by atoms with van der Waals surface area (Å²) in [4.78, 5) is 5.05. The Kier molecular flexibility index (Phi) is 5.80. The van der Waals surface area contributed by atoms with Crippen LogP contribution in [0.25, 0.3) is 0 Å². The summed E-state index contributed by atoms with van der Waals surface area (Å²) in [5.41, 5.74) is 1.44. The summed E-state index contributed by atoms with van der Waals surface area (Å²) in [7, 11) is 2.22. The largest absolute Gasteiger partial charge is 0.305 e. The number of nitrogens with one attached hydrogen (secondary N) is 1. The maximum absolute atomic E-state index is 3.96. The third-order valence-corrected chi connectivity index (χ3v) is 6.36. The van der Waals surface area contributed by atoms with Gasteiger partial charge in [0, 0.05) is 50.1 Å². The van der Waals surface area contributed by atoms with Crippen LogP contribution in [0.1, 0.15) is 24.9 Å². The molecule has 0 amide bonds. The van der Waals surface area contributed by atoms with Crippen molar-refractivity contribution in [2.45, 2.75) is 30.7 Å². The van der Waals surface area contributed by atoms with Gasteiger partial charge in [-0.2, -0.15) is 11.8 Å². The molecule has 2 aliphatic heterocycles. The standard InChI is InChI=1S/C18H29N3S/c1-15-17(8-13-22-15)19-18(16-6-4-3-5-7-16)14-21-11-9-20(2)10-12-21/h3-7,15,17-19H,8-14H2,1-2H3/t15-,17+,18+/m0/s1. The van der Waals surface area contributed by atoms with Crippen LogP contribution in [0.15, 0.2) is 30.3 Å². The van der Waals surface area contributed by atoms with E-state index in [9.17, 15) is 0 Å². The van der Waals surface area contributed by atoms with Crippen LogP contribution in [0.2, 0.25) is 0 Å². The fraction of sp³-hybridized carbons (Fsp3) is 0.667. The first-order chi connectivity index (χ1) is 10.7. The summed E-state index contributed by atoms with van der Waals surface area (Å²) in [5.74, 6) is 1.30. The molecule has 0 spiro atoms. The molecular weight excluding hydrogens is 290 g/mol. The molecule has 2 fully saturated rings. The topological polar surface area (TPSA) is 18.5 Å². The molecule has 0 radical (unpaired) electrons. The summed E-state index contributed by atoms with van der Waals surface area (Å²) < 4.78 is 0. The molecule has 3 atom stereocenters. The van der Waals surface area contributed by atoms with E-state index in [4.69, 9.17) is 0 Å². The monoisotopic (exact) mass is 319 g/mol. The van der Waals surface area contributed by atoms with E-state index in [-0.39, 0.29) is 0 Å². The Balaban J connectivity index is 1.66. The first-order valence-corrected chi connectivity index (χ1v) is 9.61. The van der Waals surface area contributed by atoms with Gasteiger partial charge in [-0.3, -0.25) is 4.90 Å². The molecule has 1 aromatic carbocycles. The highest BCUT2D eigenvalue weighted by Crippen LogP contribution is 2.28. The molecule has 0 bridgehead atoms. The van der Waals surface area contributed by atoms with Crippen molar-refractivity contribution in [2.75, 3.05) is 45.5 Å². The van der Waals surface area contributed by atoms with Gasteiger partial charge in [-0.05, 0) is 24.8 Å². The van der Waals surface area contributed by atoms with Crippen LogP contribution >= 0.6 is 11.8 Å². The number of hydrogen-bond donors (Lipinski definition) is 1. The van der Waals surface area contributed by atoms with E-state index < -0.39 is 0 Å². The van der Waals surface area contributed by atoms with E-state index in [2.05, 4.69) is 71.2 Å². The van der Waals surface area contributed by atoms with Gasteiger partial charge in [0.05, 0.1) is 0 Å². The van der Waals surface area contributed by atoms with Gasteiger partial charge < -0.3 is 10.2 Å². The minimum Gasteiger partial charge on any atom is -0.305 e. The number of thioether (sulfide) groups is 1. The summed E-state index contributed by atoms with van der Waals surface area (Å²) >= 11 is 2.11. The predicted octanol–water partition coefficient (Wildman–Crippen LogP) is 2.46. The Morgan fingerprint density at radius 3 is 2.55 bits per heavy atom. The average Bonchev–Trinajstić information content (AvgIpc) is 2.95. The van der Waals surface area contributed by atoms with Gasteiger partial charge >= 0.3 is 0 Å². The molecule has 22 heavy (non-hydrogen) atoms. The Hall–Kier alpha value is -0.550. The SMILES string of the molecule is C[C@@H]1SCC[C@H]1N[C@H](CN1CCN(C)CC1)c1ccccc1. The Morgan fingerprint density at radius 2 is 1.91 bits per heavy atom. The maximum Gasteiger partial charge on any atom is 0.0451 e. The zero-order valence-corrected chi connectivity index (χ0v) is 14.7. The molecule has 4 heteroatoms. The number of likely N-dealkylation sites (N-methyl/N-ethyl adjacent to an activating group) is 1. The lowest BCUT2D eigenvalue weighted by molar-refractivity contribution is 0.139. The van der Waals surface area contributed by atoms with Crippen LogP contribution in [0, 0.1) is 0 Å². The normalized spacial score (nSPS) is 28.8. The molecule has 2 heterocycles. The van der Waals surface area contributed by atoms with Crippen molar-refractivity contribution in [3.8, 4) is 0 Å². The zero-order valence-electron chi connectivity index (χ0n) is 13.9. The quantitative estimate of drug-likeness (QED) is 0.898. The highest BCUT2D eigenvalue weighted by Gasteiger charge is 2.28. The van der Waals surface area contributed by atoms with E-state index in [0.717, 1.165) is 11.8 Å². The number of nitrogens with zero attached hydrogens (tertiary/aromatic N) is 2. The van der Waals surface area contributed by atoms with E-state index >= 15 is 0 Å². The van der Waals surface area contributed by atoms with Crippen molar-refractivity contribution in [3.63, 3.8) is 0 Å². The van der Waals surface area contributed by atoms with Gasteiger partial charge in [-0.1, -0.05) is 37.3 Å². The molecule has 0 saturated carbocycles. The van der Waals surface area contributed by atoms with Gasteiger partial charge in [0.2, 0.25) is 0 Å². The van der Waals surface area contributed by atoms with Crippen LogP contribution < -0.4 is 5.32 Å². The fourth-order valence-corrected chi connectivity index (χ4v) is 4.65. The van der Waals surface area contributed by atoms with Crippen LogP contribution in [0.4, 0.5) is 0 Å². The number of piperazine rings is 1. The molecule has 0 aliphatic carbocycles. The summed E-state index contributed by atoms with van der Waals surface area (Å²) in [6, 6.07) is 12.1. The van der Waals surface area contributed by atoms with Gasteiger partial charge in [0.1, 0.15) is 0 Å². The maximum atomic E-state index is 3.96. The Labute approximate surface area is 139 Å². The smallest absolute Gasteiger partial charge is 0.0451 e. The van der Waals surface area contributed by atoms with Gasteiger partial charge in [-0.15, -0.1) is 0 Å². The second-order valence-corrected chi connectivity index (χ2v) is 8.19. The lowest BCUT2D eigenvalue weighted by Gasteiger charge is -2.36. The van der Waals surface area contributed by atoms with Crippen molar-refractivity contribution >= 4 is 11.8 Å². The van der Waals surface area contributed by atoms with Crippen molar-refractivity contribution in [3.05, 3.63) is 35.9 Å². The molecule has 0 aromatic heterocycles. The summed E-state index contributed by atoms with van der Waals surface area (Å²) in [5, 5.41) is 4.70. The van der Waals surface area contributed by atoms with Crippen LogP contribution in [-0.2, 0) is 0 Å². The third kappa shape index (κ3) is 4.25. The Morgan fingerprint density at radius 1 is 1.18 bits per heavy atom. The second kappa shape index (κ2) is 7.82. The third-order valence-electron chi connectivity index (χ3n) is 5.03. The molecule has 122 valence electrons. The number of rotatable bonds is 5. The van der Waals surface area contributed by atoms with E-state index in [1.807, 2.05) is 0 Å². The van der Waals surface area contributed by atoms with Gasteiger partial charge in [-0.25, -0.2) is 0 Å². The number of hydrogen-bond acceptors (Lipinski definition) is 4. The zero-order chi connectivity index (χ0) is 15.4. The molecule has 1 aromatic rings. The fourth-order valence-electron chi connectivity index (χ4n) is 3.44.